The van der Waals surface area contributed by atoms with Crippen molar-refractivity contribution in [2.24, 2.45) is 10.9 Å². The lowest BCUT2D eigenvalue weighted by molar-refractivity contribution is 0.358. The van der Waals surface area contributed by atoms with Gasteiger partial charge in [-0.1, -0.05) is 0 Å². The number of aliphatic imine (C=N–C) groups is 1. The number of hydrogen-bond acceptors (Lipinski definition) is 4. The number of rotatable bonds is 5. The van der Waals surface area contributed by atoms with Crippen LogP contribution in [0.2, 0.25) is 0 Å². The van der Waals surface area contributed by atoms with Crippen LogP contribution in [-0.2, 0) is 19.4 Å². The lowest BCUT2D eigenvalue weighted by atomic mass is 9.99. The highest BCUT2D eigenvalue weighted by atomic mass is 127. The van der Waals surface area contributed by atoms with Crippen molar-refractivity contribution in [2.75, 3.05) is 13.6 Å². The molecule has 26 heavy (non-hydrogen) atoms. The zero-order chi connectivity index (χ0) is 17.8. The molecule has 2 N–H and O–H groups in total. The summed E-state index contributed by atoms with van der Waals surface area (Å²) in [5, 5.41) is 15.4. The summed E-state index contributed by atoms with van der Waals surface area (Å²) < 4.78 is 2.24. The maximum atomic E-state index is 4.38. The Labute approximate surface area is 176 Å². The van der Waals surface area contributed by atoms with Crippen molar-refractivity contribution < 1.29 is 0 Å². The largest absolute Gasteiger partial charge is 0.356 e. The highest BCUT2D eigenvalue weighted by molar-refractivity contribution is 14.0. The first kappa shape index (κ1) is 21.1. The van der Waals surface area contributed by atoms with E-state index in [0.717, 1.165) is 50.0 Å². The third-order valence-electron chi connectivity index (χ3n) is 4.70. The van der Waals surface area contributed by atoms with Crippen LogP contribution in [0.15, 0.2) is 17.1 Å². The van der Waals surface area contributed by atoms with Crippen LogP contribution in [0.4, 0.5) is 0 Å². The highest BCUT2D eigenvalue weighted by Crippen LogP contribution is 2.19. The summed E-state index contributed by atoms with van der Waals surface area (Å²) in [7, 11) is 1.83. The Bertz CT molecular complexity index is 738. The van der Waals surface area contributed by atoms with E-state index in [-0.39, 0.29) is 24.0 Å². The van der Waals surface area contributed by atoms with Crippen LogP contribution in [0.5, 0.6) is 0 Å². The molecule has 0 saturated carbocycles. The van der Waals surface area contributed by atoms with Crippen molar-refractivity contribution in [3.63, 3.8) is 0 Å². The quantitative estimate of drug-likeness (QED) is 0.386. The first-order chi connectivity index (χ1) is 12.0. The Hall–Kier alpha value is -1.16. The Kier molecular flexibility index (Phi) is 7.87. The SMILES string of the molecule is CN=C(NCC1CCc2nnc(C)n2C1)NC(C)Cc1ccc(C)s1.I. The van der Waals surface area contributed by atoms with Gasteiger partial charge in [0.05, 0.1) is 0 Å². The minimum atomic E-state index is 0. The number of halogens is 1. The van der Waals surface area contributed by atoms with Crippen LogP contribution in [0.25, 0.3) is 0 Å². The summed E-state index contributed by atoms with van der Waals surface area (Å²) >= 11 is 1.87. The van der Waals surface area contributed by atoms with Gasteiger partial charge in [0, 0.05) is 48.8 Å². The molecular weight excluding hydrogens is 459 g/mol. The molecule has 2 atom stereocenters. The first-order valence-electron chi connectivity index (χ1n) is 8.96. The average Bonchev–Trinajstić information content (AvgIpc) is 3.17. The summed E-state index contributed by atoms with van der Waals surface area (Å²) in [6.07, 6.45) is 3.17. The minimum Gasteiger partial charge on any atom is -0.356 e. The molecule has 0 aromatic carbocycles. The van der Waals surface area contributed by atoms with E-state index in [1.54, 1.807) is 0 Å². The molecule has 0 fully saturated rings. The molecule has 0 spiro atoms. The molecule has 0 saturated heterocycles. The number of nitrogens with one attached hydrogen (secondary N) is 2. The number of hydrogen-bond donors (Lipinski definition) is 2. The Morgan fingerprint density at radius 1 is 1.38 bits per heavy atom. The molecular formula is C18H29IN6S. The fourth-order valence-electron chi connectivity index (χ4n) is 3.31. The summed E-state index contributed by atoms with van der Waals surface area (Å²) in [6, 6.07) is 4.75. The molecule has 3 rings (SSSR count). The molecule has 3 heterocycles. The van der Waals surface area contributed by atoms with Crippen molar-refractivity contribution >= 4 is 41.3 Å². The first-order valence-corrected chi connectivity index (χ1v) is 9.78. The molecule has 1 aliphatic heterocycles. The molecule has 144 valence electrons. The Morgan fingerprint density at radius 3 is 2.88 bits per heavy atom. The third kappa shape index (κ3) is 5.42. The summed E-state index contributed by atoms with van der Waals surface area (Å²) in [5.41, 5.74) is 0. The summed E-state index contributed by atoms with van der Waals surface area (Å²) in [5.74, 6) is 3.60. The average molecular weight is 488 g/mol. The van der Waals surface area contributed by atoms with E-state index in [1.165, 1.54) is 9.75 Å². The highest BCUT2D eigenvalue weighted by Gasteiger charge is 2.21. The molecule has 2 unspecified atom stereocenters. The van der Waals surface area contributed by atoms with Crippen molar-refractivity contribution in [2.45, 2.75) is 52.6 Å². The molecule has 2 aromatic rings. The predicted octanol–water partition coefficient (Wildman–Crippen LogP) is 2.93. The number of aryl methyl sites for hydroxylation is 3. The van der Waals surface area contributed by atoms with Gasteiger partial charge in [-0.2, -0.15) is 0 Å². The van der Waals surface area contributed by atoms with Gasteiger partial charge in [-0.05, 0) is 45.2 Å². The van der Waals surface area contributed by atoms with E-state index in [0.29, 0.717) is 12.0 Å². The van der Waals surface area contributed by atoms with E-state index in [4.69, 9.17) is 0 Å². The number of aromatic nitrogens is 3. The van der Waals surface area contributed by atoms with Gasteiger partial charge in [0.2, 0.25) is 0 Å². The fraction of sp³-hybridized carbons (Fsp3) is 0.611. The van der Waals surface area contributed by atoms with Crippen LogP contribution in [0, 0.1) is 19.8 Å². The second-order valence-corrected chi connectivity index (χ2v) is 8.27. The maximum absolute atomic E-state index is 4.38. The molecule has 6 nitrogen and oxygen atoms in total. The van der Waals surface area contributed by atoms with Crippen molar-refractivity contribution in [3.05, 3.63) is 33.5 Å². The molecule has 0 bridgehead atoms. The van der Waals surface area contributed by atoms with E-state index in [9.17, 15) is 0 Å². The van der Waals surface area contributed by atoms with Gasteiger partial charge in [-0.15, -0.1) is 45.5 Å². The van der Waals surface area contributed by atoms with Gasteiger partial charge in [0.15, 0.2) is 5.96 Å². The standard InChI is InChI=1S/C18H28N6S.HI/c1-12(9-16-7-5-13(2)25-16)21-18(19-4)20-10-15-6-8-17-23-22-14(3)24(17)11-15;/h5,7,12,15H,6,8-11H2,1-4H3,(H2,19,20,21);1H. The summed E-state index contributed by atoms with van der Waals surface area (Å²) in [6.45, 7) is 8.29. The zero-order valence-corrected chi connectivity index (χ0v) is 19.1. The number of thiophene rings is 1. The zero-order valence-electron chi connectivity index (χ0n) is 16.0. The van der Waals surface area contributed by atoms with Crippen LogP contribution in [0.1, 0.15) is 34.7 Å². The predicted molar refractivity (Wildman–Crippen MR) is 119 cm³/mol. The second kappa shape index (κ2) is 9.68. The second-order valence-electron chi connectivity index (χ2n) is 6.89. The smallest absolute Gasteiger partial charge is 0.191 e. The van der Waals surface area contributed by atoms with Gasteiger partial charge in [-0.25, -0.2) is 0 Å². The van der Waals surface area contributed by atoms with Gasteiger partial charge in [-0.3, -0.25) is 4.99 Å². The van der Waals surface area contributed by atoms with E-state index < -0.39 is 0 Å². The molecule has 0 radical (unpaired) electrons. The number of fused-ring (bicyclic) bond motifs is 1. The monoisotopic (exact) mass is 488 g/mol. The Balaban J connectivity index is 0.00000243. The van der Waals surface area contributed by atoms with Crippen molar-refractivity contribution in [1.29, 1.82) is 0 Å². The third-order valence-corrected chi connectivity index (χ3v) is 5.72. The van der Waals surface area contributed by atoms with Crippen LogP contribution in [-0.4, -0.2) is 40.4 Å². The van der Waals surface area contributed by atoms with Gasteiger partial charge < -0.3 is 15.2 Å². The van der Waals surface area contributed by atoms with Gasteiger partial charge in [0.1, 0.15) is 11.6 Å². The van der Waals surface area contributed by atoms with Gasteiger partial charge >= 0.3 is 0 Å². The van der Waals surface area contributed by atoms with Crippen LogP contribution < -0.4 is 10.6 Å². The maximum Gasteiger partial charge on any atom is 0.191 e. The lowest BCUT2D eigenvalue weighted by Gasteiger charge is -2.25. The summed E-state index contributed by atoms with van der Waals surface area (Å²) in [4.78, 5) is 7.16. The van der Waals surface area contributed by atoms with E-state index in [1.807, 2.05) is 25.3 Å². The molecule has 0 amide bonds. The Morgan fingerprint density at radius 2 is 2.19 bits per heavy atom. The molecule has 8 heteroatoms. The minimum absolute atomic E-state index is 0. The van der Waals surface area contributed by atoms with Gasteiger partial charge in [0.25, 0.3) is 0 Å². The normalized spacial score (nSPS) is 18.0. The lowest BCUT2D eigenvalue weighted by Crippen LogP contribution is -2.45. The van der Waals surface area contributed by atoms with E-state index >= 15 is 0 Å². The molecule has 1 aliphatic rings. The van der Waals surface area contributed by atoms with E-state index in [2.05, 4.69) is 56.4 Å². The number of nitrogens with zero attached hydrogens (tertiary/aromatic N) is 4. The molecule has 2 aromatic heterocycles. The topological polar surface area (TPSA) is 67.1 Å². The van der Waals surface area contributed by atoms with Crippen molar-refractivity contribution in [3.8, 4) is 0 Å². The molecule has 0 aliphatic carbocycles. The number of guanidine groups is 1. The van der Waals surface area contributed by atoms with Crippen LogP contribution in [0.3, 0.4) is 0 Å². The fourth-order valence-corrected chi connectivity index (χ4v) is 4.33. The van der Waals surface area contributed by atoms with Crippen LogP contribution >= 0.6 is 35.3 Å². The van der Waals surface area contributed by atoms with Crippen molar-refractivity contribution in [1.82, 2.24) is 25.4 Å².